The number of halogens is 1. The molecule has 1 N–H and O–H groups in total. The third-order valence-corrected chi connectivity index (χ3v) is 4.21. The maximum Gasteiger partial charge on any atom is 0.336 e. The molecule has 118 valence electrons. The summed E-state index contributed by atoms with van der Waals surface area (Å²) in [5.41, 5.74) is 1.75. The third-order valence-electron chi connectivity index (χ3n) is 3.02. The van der Waals surface area contributed by atoms with Crippen LogP contribution in [0.1, 0.15) is 35.3 Å². The van der Waals surface area contributed by atoms with E-state index in [0.717, 1.165) is 10.0 Å². The van der Waals surface area contributed by atoms with Gasteiger partial charge in [-0.15, -0.1) is 0 Å². The van der Waals surface area contributed by atoms with Crippen molar-refractivity contribution >= 4 is 21.9 Å². The van der Waals surface area contributed by atoms with Gasteiger partial charge in [0.15, 0.2) is 6.29 Å². The quantitative estimate of drug-likeness (QED) is 0.718. The van der Waals surface area contributed by atoms with Crippen molar-refractivity contribution < 1.29 is 24.1 Å². The Kier molecular flexibility index (Phi) is 7.14. The Labute approximate surface area is 133 Å². The number of ether oxygens (including phenoxy) is 3. The molecular formula is C15H21BrO5. The van der Waals surface area contributed by atoms with Gasteiger partial charge in [0.25, 0.3) is 0 Å². The molecule has 0 spiro atoms. The summed E-state index contributed by atoms with van der Waals surface area (Å²) in [4.78, 5) is 11.3. The molecule has 6 heteroatoms. The molecule has 21 heavy (non-hydrogen) atoms. The van der Waals surface area contributed by atoms with Gasteiger partial charge in [0, 0.05) is 23.2 Å². The van der Waals surface area contributed by atoms with Crippen molar-refractivity contribution in [1.82, 2.24) is 0 Å². The van der Waals surface area contributed by atoms with E-state index >= 15 is 0 Å². The van der Waals surface area contributed by atoms with E-state index in [2.05, 4.69) is 15.9 Å². The standard InChI is InChI=1S/C15H21BrO5/c1-5-19-13(20-6-2)8-21-12-7-11(15(17)18)9(3)14(16)10(12)4/h7,13H,5-6,8H2,1-4H3,(H,17,18). The van der Waals surface area contributed by atoms with Crippen LogP contribution in [0.3, 0.4) is 0 Å². The second kappa shape index (κ2) is 8.36. The van der Waals surface area contributed by atoms with Crippen LogP contribution in [0.25, 0.3) is 0 Å². The number of rotatable bonds is 8. The molecule has 0 heterocycles. The summed E-state index contributed by atoms with van der Waals surface area (Å²) in [5.74, 6) is -0.474. The minimum Gasteiger partial charge on any atom is -0.488 e. The first kappa shape index (κ1) is 17.9. The maximum absolute atomic E-state index is 11.3. The molecule has 0 bridgehead atoms. The molecule has 0 saturated heterocycles. The summed E-state index contributed by atoms with van der Waals surface area (Å²) in [7, 11) is 0. The van der Waals surface area contributed by atoms with E-state index in [0.29, 0.717) is 24.5 Å². The summed E-state index contributed by atoms with van der Waals surface area (Å²) < 4.78 is 17.2. The maximum atomic E-state index is 11.3. The number of benzene rings is 1. The number of hydrogen-bond donors (Lipinski definition) is 1. The van der Waals surface area contributed by atoms with Crippen molar-refractivity contribution in [2.24, 2.45) is 0 Å². The van der Waals surface area contributed by atoms with E-state index in [1.54, 1.807) is 6.92 Å². The highest BCUT2D eigenvalue weighted by Gasteiger charge is 2.17. The Hall–Kier alpha value is -1.11. The molecule has 0 atom stereocenters. The summed E-state index contributed by atoms with van der Waals surface area (Å²) >= 11 is 3.41. The molecule has 0 aromatic heterocycles. The molecule has 0 saturated carbocycles. The predicted octanol–water partition coefficient (Wildman–Crippen LogP) is 3.54. The summed E-state index contributed by atoms with van der Waals surface area (Å²) in [6.07, 6.45) is -0.465. The Morgan fingerprint density at radius 1 is 1.24 bits per heavy atom. The first-order valence-corrected chi connectivity index (χ1v) is 7.60. The highest BCUT2D eigenvalue weighted by molar-refractivity contribution is 9.10. The van der Waals surface area contributed by atoms with Gasteiger partial charge in [0.1, 0.15) is 12.4 Å². The lowest BCUT2D eigenvalue weighted by atomic mass is 10.0. The molecule has 0 radical (unpaired) electrons. The number of hydrogen-bond acceptors (Lipinski definition) is 4. The lowest BCUT2D eigenvalue weighted by Gasteiger charge is -2.19. The molecule has 0 fully saturated rings. The van der Waals surface area contributed by atoms with Crippen molar-refractivity contribution in [3.63, 3.8) is 0 Å². The van der Waals surface area contributed by atoms with E-state index in [1.165, 1.54) is 6.07 Å². The largest absolute Gasteiger partial charge is 0.488 e. The van der Waals surface area contributed by atoms with Crippen molar-refractivity contribution in [3.05, 3.63) is 27.2 Å². The average Bonchev–Trinajstić information content (AvgIpc) is 2.44. The van der Waals surface area contributed by atoms with Crippen LogP contribution >= 0.6 is 15.9 Å². The molecule has 0 unspecified atom stereocenters. The highest BCUT2D eigenvalue weighted by Crippen LogP contribution is 2.32. The first-order valence-electron chi connectivity index (χ1n) is 6.81. The van der Waals surface area contributed by atoms with Crippen LogP contribution in [0.5, 0.6) is 5.75 Å². The lowest BCUT2D eigenvalue weighted by Crippen LogP contribution is -2.25. The van der Waals surface area contributed by atoms with Gasteiger partial charge in [-0.25, -0.2) is 4.79 Å². The minimum absolute atomic E-state index is 0.205. The predicted molar refractivity (Wildman–Crippen MR) is 83.1 cm³/mol. The Bertz CT molecular complexity index is 495. The second-order valence-electron chi connectivity index (χ2n) is 4.44. The van der Waals surface area contributed by atoms with Crippen molar-refractivity contribution in [3.8, 4) is 5.75 Å². The molecule has 1 aromatic carbocycles. The highest BCUT2D eigenvalue weighted by atomic mass is 79.9. The third kappa shape index (κ3) is 4.69. The molecule has 0 amide bonds. The van der Waals surface area contributed by atoms with Gasteiger partial charge in [-0.3, -0.25) is 0 Å². The number of carboxylic acid groups (broad SMARTS) is 1. The van der Waals surface area contributed by atoms with Gasteiger partial charge >= 0.3 is 5.97 Å². The minimum atomic E-state index is -0.982. The monoisotopic (exact) mass is 360 g/mol. The molecule has 5 nitrogen and oxygen atoms in total. The zero-order chi connectivity index (χ0) is 16.0. The molecular weight excluding hydrogens is 340 g/mol. The van der Waals surface area contributed by atoms with Gasteiger partial charge in [-0.2, -0.15) is 0 Å². The van der Waals surface area contributed by atoms with Crippen molar-refractivity contribution in [2.75, 3.05) is 19.8 Å². The number of carboxylic acids is 1. The second-order valence-corrected chi connectivity index (χ2v) is 5.24. The Balaban J connectivity index is 2.95. The first-order chi connectivity index (χ1) is 9.92. The summed E-state index contributed by atoms with van der Waals surface area (Å²) in [6, 6.07) is 1.53. The van der Waals surface area contributed by atoms with Crippen LogP contribution in [0, 0.1) is 13.8 Å². The lowest BCUT2D eigenvalue weighted by molar-refractivity contribution is -0.152. The van der Waals surface area contributed by atoms with Gasteiger partial charge in [-0.05, 0) is 39.3 Å². The van der Waals surface area contributed by atoms with Crippen LogP contribution in [0.15, 0.2) is 10.5 Å². The van der Waals surface area contributed by atoms with E-state index in [4.69, 9.17) is 14.2 Å². The van der Waals surface area contributed by atoms with E-state index < -0.39 is 12.3 Å². The Morgan fingerprint density at radius 3 is 2.29 bits per heavy atom. The van der Waals surface area contributed by atoms with Crippen LogP contribution in [-0.2, 0) is 9.47 Å². The van der Waals surface area contributed by atoms with Crippen LogP contribution in [-0.4, -0.2) is 37.2 Å². The summed E-state index contributed by atoms with van der Waals surface area (Å²) in [5, 5.41) is 9.23. The number of carbonyl (C=O) groups is 1. The normalized spacial score (nSPS) is 11.0. The number of aromatic carboxylic acids is 1. The molecule has 0 aliphatic carbocycles. The van der Waals surface area contributed by atoms with E-state index in [-0.39, 0.29) is 12.2 Å². The summed E-state index contributed by atoms with van der Waals surface area (Å²) in [6.45, 7) is 8.62. The molecule has 0 aliphatic heterocycles. The smallest absolute Gasteiger partial charge is 0.336 e. The van der Waals surface area contributed by atoms with E-state index in [9.17, 15) is 9.90 Å². The van der Waals surface area contributed by atoms with Gasteiger partial charge in [-0.1, -0.05) is 15.9 Å². The zero-order valence-corrected chi connectivity index (χ0v) is 14.3. The zero-order valence-electron chi connectivity index (χ0n) is 12.7. The molecule has 1 aromatic rings. The fraction of sp³-hybridized carbons (Fsp3) is 0.533. The van der Waals surface area contributed by atoms with Crippen LogP contribution in [0.2, 0.25) is 0 Å². The van der Waals surface area contributed by atoms with Crippen molar-refractivity contribution in [2.45, 2.75) is 34.0 Å². The van der Waals surface area contributed by atoms with Crippen LogP contribution < -0.4 is 4.74 Å². The fourth-order valence-corrected chi connectivity index (χ4v) is 2.31. The van der Waals surface area contributed by atoms with Gasteiger partial charge in [0.05, 0.1) is 5.56 Å². The van der Waals surface area contributed by atoms with Gasteiger partial charge in [0.2, 0.25) is 0 Å². The van der Waals surface area contributed by atoms with E-state index in [1.807, 2.05) is 20.8 Å². The van der Waals surface area contributed by atoms with Crippen LogP contribution in [0.4, 0.5) is 0 Å². The van der Waals surface area contributed by atoms with Crippen molar-refractivity contribution in [1.29, 1.82) is 0 Å². The fourth-order valence-electron chi connectivity index (χ4n) is 1.90. The Morgan fingerprint density at radius 2 is 1.81 bits per heavy atom. The molecule has 0 aliphatic rings. The average molecular weight is 361 g/mol. The SMILES string of the molecule is CCOC(COc1cc(C(=O)O)c(C)c(Br)c1C)OCC. The molecule has 1 rings (SSSR count). The topological polar surface area (TPSA) is 65.0 Å². The van der Waals surface area contributed by atoms with Gasteiger partial charge < -0.3 is 19.3 Å².